The van der Waals surface area contributed by atoms with E-state index in [4.69, 9.17) is 16.3 Å². The van der Waals surface area contributed by atoms with Gasteiger partial charge in [-0.2, -0.15) is 0 Å². The van der Waals surface area contributed by atoms with Gasteiger partial charge in [-0.25, -0.2) is 0 Å². The van der Waals surface area contributed by atoms with Gasteiger partial charge in [0, 0.05) is 36.1 Å². The highest BCUT2D eigenvalue weighted by Crippen LogP contribution is 2.24. The molecule has 1 aromatic carbocycles. The van der Waals surface area contributed by atoms with Gasteiger partial charge < -0.3 is 4.74 Å². The van der Waals surface area contributed by atoms with Crippen LogP contribution in [0.25, 0.3) is 0 Å². The molecule has 0 saturated heterocycles. The molecule has 4 heteroatoms. The fourth-order valence-corrected chi connectivity index (χ4v) is 2.33. The minimum Gasteiger partial charge on any atom is -0.496 e. The summed E-state index contributed by atoms with van der Waals surface area (Å²) in [4.78, 5) is 6.38. The Balaban J connectivity index is 2.12. The van der Waals surface area contributed by atoms with Gasteiger partial charge in [0.25, 0.3) is 0 Å². The van der Waals surface area contributed by atoms with Crippen molar-refractivity contribution in [2.24, 2.45) is 0 Å². The molecule has 3 nitrogen and oxygen atoms in total. The second-order valence-corrected chi connectivity index (χ2v) is 5.05. The molecular weight excluding hydrogens is 272 g/mol. The number of ether oxygens (including phenoxy) is 1. The molecule has 0 aliphatic rings. The number of pyridine rings is 1. The van der Waals surface area contributed by atoms with Gasteiger partial charge in [-0.1, -0.05) is 18.5 Å². The third-order valence-corrected chi connectivity index (χ3v) is 3.47. The number of hydrogen-bond acceptors (Lipinski definition) is 3. The van der Waals surface area contributed by atoms with Crippen molar-refractivity contribution in [3.8, 4) is 5.75 Å². The van der Waals surface area contributed by atoms with E-state index in [9.17, 15) is 0 Å². The SMILES string of the molecule is CCN(Cc1ccncc1)Cc1cc(Cl)ccc1OC. The number of aromatic nitrogens is 1. The molecule has 0 amide bonds. The molecule has 0 radical (unpaired) electrons. The molecule has 0 saturated carbocycles. The van der Waals surface area contributed by atoms with Gasteiger partial charge in [-0.05, 0) is 42.4 Å². The maximum Gasteiger partial charge on any atom is 0.123 e. The zero-order chi connectivity index (χ0) is 14.4. The lowest BCUT2D eigenvalue weighted by Crippen LogP contribution is -2.22. The first-order chi connectivity index (χ1) is 9.72. The van der Waals surface area contributed by atoms with Gasteiger partial charge in [0.1, 0.15) is 5.75 Å². The molecule has 0 atom stereocenters. The molecule has 0 spiro atoms. The largest absolute Gasteiger partial charge is 0.496 e. The van der Waals surface area contributed by atoms with E-state index in [1.165, 1.54) is 5.56 Å². The predicted octanol–water partition coefficient (Wildman–Crippen LogP) is 3.77. The van der Waals surface area contributed by atoms with Crippen LogP contribution in [-0.2, 0) is 13.1 Å². The number of halogens is 1. The quantitative estimate of drug-likeness (QED) is 0.810. The van der Waals surface area contributed by atoms with E-state index in [0.717, 1.165) is 36.0 Å². The van der Waals surface area contributed by atoms with E-state index in [1.807, 2.05) is 42.7 Å². The summed E-state index contributed by atoms with van der Waals surface area (Å²) in [6.45, 7) is 4.80. The average molecular weight is 291 g/mol. The summed E-state index contributed by atoms with van der Waals surface area (Å²) in [5.41, 5.74) is 2.36. The van der Waals surface area contributed by atoms with Crippen LogP contribution in [0.1, 0.15) is 18.1 Å². The van der Waals surface area contributed by atoms with E-state index in [-0.39, 0.29) is 0 Å². The Hall–Kier alpha value is -1.58. The summed E-state index contributed by atoms with van der Waals surface area (Å²) >= 11 is 6.08. The molecule has 1 aromatic heterocycles. The summed E-state index contributed by atoms with van der Waals surface area (Å²) in [7, 11) is 1.69. The van der Waals surface area contributed by atoms with Crippen molar-refractivity contribution < 1.29 is 4.74 Å². The number of methoxy groups -OCH3 is 1. The highest BCUT2D eigenvalue weighted by molar-refractivity contribution is 6.30. The Morgan fingerprint density at radius 2 is 1.90 bits per heavy atom. The van der Waals surface area contributed by atoms with E-state index in [2.05, 4.69) is 16.8 Å². The van der Waals surface area contributed by atoms with Crippen LogP contribution in [0.3, 0.4) is 0 Å². The minimum absolute atomic E-state index is 0.737. The van der Waals surface area contributed by atoms with Crippen molar-refractivity contribution in [3.63, 3.8) is 0 Å². The molecular formula is C16H19ClN2O. The van der Waals surface area contributed by atoms with E-state index in [1.54, 1.807) is 7.11 Å². The smallest absolute Gasteiger partial charge is 0.123 e. The van der Waals surface area contributed by atoms with Crippen molar-refractivity contribution in [2.45, 2.75) is 20.0 Å². The van der Waals surface area contributed by atoms with Crippen molar-refractivity contribution in [2.75, 3.05) is 13.7 Å². The van der Waals surface area contributed by atoms with Gasteiger partial charge in [0.15, 0.2) is 0 Å². The summed E-state index contributed by atoms with van der Waals surface area (Å²) in [5, 5.41) is 0.737. The maximum absolute atomic E-state index is 6.08. The van der Waals surface area contributed by atoms with Gasteiger partial charge >= 0.3 is 0 Å². The lowest BCUT2D eigenvalue weighted by molar-refractivity contribution is 0.266. The Kier molecular flexibility index (Phi) is 5.39. The highest BCUT2D eigenvalue weighted by atomic mass is 35.5. The molecule has 0 aliphatic heterocycles. The van der Waals surface area contributed by atoms with E-state index >= 15 is 0 Å². The van der Waals surface area contributed by atoms with Gasteiger partial charge in [-0.15, -0.1) is 0 Å². The minimum atomic E-state index is 0.737. The van der Waals surface area contributed by atoms with Crippen LogP contribution in [0.2, 0.25) is 5.02 Å². The second kappa shape index (κ2) is 7.27. The first kappa shape index (κ1) is 14.8. The normalized spacial score (nSPS) is 10.8. The van der Waals surface area contributed by atoms with Crippen LogP contribution >= 0.6 is 11.6 Å². The lowest BCUT2D eigenvalue weighted by atomic mass is 10.1. The molecule has 2 rings (SSSR count). The fourth-order valence-electron chi connectivity index (χ4n) is 2.14. The highest BCUT2D eigenvalue weighted by Gasteiger charge is 2.09. The molecule has 106 valence electrons. The van der Waals surface area contributed by atoms with Crippen LogP contribution in [0, 0.1) is 0 Å². The lowest BCUT2D eigenvalue weighted by Gasteiger charge is -2.22. The van der Waals surface area contributed by atoms with Gasteiger partial charge in [-0.3, -0.25) is 9.88 Å². The number of benzene rings is 1. The van der Waals surface area contributed by atoms with Crippen molar-refractivity contribution in [1.29, 1.82) is 0 Å². The molecule has 1 heterocycles. The molecule has 0 aliphatic carbocycles. The summed E-state index contributed by atoms with van der Waals surface area (Å²) in [6, 6.07) is 9.81. The van der Waals surface area contributed by atoms with Crippen LogP contribution in [0.15, 0.2) is 42.7 Å². The van der Waals surface area contributed by atoms with E-state index < -0.39 is 0 Å². The molecule has 0 bridgehead atoms. The summed E-state index contributed by atoms with van der Waals surface area (Å²) in [6.07, 6.45) is 3.65. The Labute approximate surface area is 125 Å². The zero-order valence-corrected chi connectivity index (χ0v) is 12.6. The number of nitrogens with zero attached hydrogens (tertiary/aromatic N) is 2. The predicted molar refractivity (Wildman–Crippen MR) is 82.0 cm³/mol. The van der Waals surface area contributed by atoms with Crippen LogP contribution in [0.5, 0.6) is 5.75 Å². The topological polar surface area (TPSA) is 25.4 Å². The molecule has 0 unspecified atom stereocenters. The molecule has 20 heavy (non-hydrogen) atoms. The van der Waals surface area contributed by atoms with Crippen molar-refractivity contribution in [3.05, 3.63) is 58.9 Å². The second-order valence-electron chi connectivity index (χ2n) is 4.61. The summed E-state index contributed by atoms with van der Waals surface area (Å²) < 4.78 is 5.40. The maximum atomic E-state index is 6.08. The monoisotopic (exact) mass is 290 g/mol. The molecule has 2 aromatic rings. The average Bonchev–Trinajstić information content (AvgIpc) is 2.48. The number of rotatable bonds is 6. The third-order valence-electron chi connectivity index (χ3n) is 3.24. The third kappa shape index (κ3) is 3.95. The van der Waals surface area contributed by atoms with Gasteiger partial charge in [0.2, 0.25) is 0 Å². The first-order valence-corrected chi connectivity index (χ1v) is 7.04. The molecule has 0 fully saturated rings. The van der Waals surface area contributed by atoms with Gasteiger partial charge in [0.05, 0.1) is 7.11 Å². The fraction of sp³-hybridized carbons (Fsp3) is 0.312. The van der Waals surface area contributed by atoms with Crippen LogP contribution < -0.4 is 4.74 Å². The first-order valence-electron chi connectivity index (χ1n) is 6.66. The van der Waals surface area contributed by atoms with Crippen molar-refractivity contribution >= 4 is 11.6 Å². The Bertz CT molecular complexity index is 545. The van der Waals surface area contributed by atoms with Crippen molar-refractivity contribution in [1.82, 2.24) is 9.88 Å². The standard InChI is InChI=1S/C16H19ClN2O/c1-3-19(11-13-6-8-18-9-7-13)12-14-10-15(17)4-5-16(14)20-2/h4-10H,3,11-12H2,1-2H3. The summed E-state index contributed by atoms with van der Waals surface area (Å²) in [5.74, 6) is 0.877. The van der Waals surface area contributed by atoms with E-state index in [0.29, 0.717) is 0 Å². The molecule has 0 N–H and O–H groups in total. The Morgan fingerprint density at radius 1 is 1.15 bits per heavy atom. The Morgan fingerprint density at radius 3 is 2.55 bits per heavy atom. The zero-order valence-electron chi connectivity index (χ0n) is 11.8. The van der Waals surface area contributed by atoms with Crippen LogP contribution in [0.4, 0.5) is 0 Å². The van der Waals surface area contributed by atoms with Crippen LogP contribution in [-0.4, -0.2) is 23.5 Å². The number of hydrogen-bond donors (Lipinski definition) is 0.